The molecule has 218 valence electrons. The molecule has 5 nitrogen and oxygen atoms in total. The van der Waals surface area contributed by atoms with Crippen LogP contribution < -0.4 is 0 Å². The van der Waals surface area contributed by atoms with Crippen molar-refractivity contribution in [3.8, 4) is 0 Å². The Kier molecular flexibility index (Phi) is 7.57. The van der Waals surface area contributed by atoms with Crippen molar-refractivity contribution in [2.45, 2.75) is 24.2 Å². The van der Waals surface area contributed by atoms with Crippen LogP contribution in [0.25, 0.3) is 10.9 Å². The highest BCUT2D eigenvalue weighted by Crippen LogP contribution is 2.58. The van der Waals surface area contributed by atoms with E-state index in [1.54, 1.807) is 0 Å². The van der Waals surface area contributed by atoms with Crippen LogP contribution in [0.2, 0.25) is 0 Å². The number of nitrogens with zero attached hydrogens (tertiary/aromatic N) is 1. The number of fused-ring (bicyclic) bond motifs is 1. The molecule has 0 amide bonds. The molecular weight excluding hydrogens is 544 g/mol. The van der Waals surface area contributed by atoms with Crippen LogP contribution in [0.3, 0.4) is 0 Å². The molecule has 0 aliphatic carbocycles. The van der Waals surface area contributed by atoms with Gasteiger partial charge in [0.05, 0.1) is 43.5 Å². The molecule has 0 spiro atoms. The lowest BCUT2D eigenvalue weighted by Gasteiger charge is -2.39. The Morgan fingerprint density at radius 1 is 0.705 bits per heavy atom. The molecule has 2 heterocycles. The minimum Gasteiger partial charge on any atom is -0.465 e. The predicted molar refractivity (Wildman–Crippen MR) is 173 cm³/mol. The lowest BCUT2D eigenvalue weighted by Crippen LogP contribution is -2.39. The summed E-state index contributed by atoms with van der Waals surface area (Å²) >= 11 is 0. The van der Waals surface area contributed by atoms with E-state index in [0.29, 0.717) is 18.8 Å². The van der Waals surface area contributed by atoms with Crippen LogP contribution in [0.1, 0.15) is 44.3 Å². The third kappa shape index (κ3) is 4.80. The monoisotopic (exact) mass is 578 g/mol. The van der Waals surface area contributed by atoms with Crippen LogP contribution >= 0.6 is 0 Å². The van der Waals surface area contributed by atoms with Crippen LogP contribution in [-0.2, 0) is 21.6 Å². The number of esters is 1. The maximum atomic E-state index is 13.4. The Balaban J connectivity index is 1.43. The molecule has 1 aromatic heterocycles. The van der Waals surface area contributed by atoms with Crippen LogP contribution in [0.4, 0.5) is 0 Å². The normalized spacial score (nSPS) is 17.8. The summed E-state index contributed by atoms with van der Waals surface area (Å²) in [5.74, 6) is -0.349. The number of carbonyl (C=O) groups excluding carboxylic acids is 1. The van der Waals surface area contributed by atoms with E-state index < -0.39 is 5.54 Å². The summed E-state index contributed by atoms with van der Waals surface area (Å²) in [5.41, 5.74) is 6.21. The second-order valence-corrected chi connectivity index (χ2v) is 11.2. The Morgan fingerprint density at radius 3 is 1.75 bits per heavy atom. The van der Waals surface area contributed by atoms with Crippen molar-refractivity contribution in [1.82, 2.24) is 9.88 Å². The Morgan fingerprint density at radius 2 is 1.20 bits per heavy atom. The maximum absolute atomic E-state index is 13.4. The first-order valence-electron chi connectivity index (χ1n) is 15.0. The zero-order valence-corrected chi connectivity index (χ0v) is 24.6. The van der Waals surface area contributed by atoms with Gasteiger partial charge in [-0.15, -0.1) is 0 Å². The highest BCUT2D eigenvalue weighted by atomic mass is 16.5. The Hall–Kier alpha value is -4.97. The zero-order valence-electron chi connectivity index (χ0n) is 24.6. The summed E-state index contributed by atoms with van der Waals surface area (Å²) in [4.78, 5) is 19.6. The molecule has 7 rings (SSSR count). The van der Waals surface area contributed by atoms with Crippen LogP contribution in [0.15, 0.2) is 146 Å². The van der Waals surface area contributed by atoms with Gasteiger partial charge >= 0.3 is 5.97 Å². The summed E-state index contributed by atoms with van der Waals surface area (Å²) in [6.07, 6.45) is 0. The van der Waals surface area contributed by atoms with E-state index in [9.17, 15) is 4.79 Å². The minimum absolute atomic E-state index is 0.0456. The number of benzene rings is 5. The molecule has 44 heavy (non-hydrogen) atoms. The number of aromatic amines is 1. The molecule has 5 heteroatoms. The van der Waals surface area contributed by atoms with Crippen LogP contribution in [0.5, 0.6) is 0 Å². The van der Waals surface area contributed by atoms with Crippen molar-refractivity contribution in [3.63, 3.8) is 0 Å². The highest BCUT2D eigenvalue weighted by Gasteiger charge is 2.62. The SMILES string of the molecule is COC(=O)c1c([C@@H]2[C@H](COCc3ccccc3)N2C(c2ccccc2)(c2ccccc2)c2ccccc2)[nH]c2ccccc12. The summed E-state index contributed by atoms with van der Waals surface area (Å²) in [6.45, 7) is 0.979. The van der Waals surface area contributed by atoms with E-state index in [2.05, 4.69) is 113 Å². The van der Waals surface area contributed by atoms with Crippen LogP contribution in [0, 0.1) is 0 Å². The molecule has 0 saturated carbocycles. The summed E-state index contributed by atoms with van der Waals surface area (Å²) in [5, 5.41) is 0.856. The molecule has 1 aliphatic heterocycles. The van der Waals surface area contributed by atoms with Crippen molar-refractivity contribution in [2.75, 3.05) is 13.7 Å². The third-order valence-electron chi connectivity index (χ3n) is 8.71. The van der Waals surface area contributed by atoms with Gasteiger partial charge in [-0.25, -0.2) is 4.79 Å². The molecule has 1 unspecified atom stereocenters. The molecule has 5 aromatic carbocycles. The number of nitrogens with one attached hydrogen (secondary N) is 1. The fraction of sp³-hybridized carbons (Fsp3) is 0.154. The number of H-pyrrole nitrogens is 1. The first kappa shape index (κ1) is 27.8. The number of ether oxygens (including phenoxy) is 2. The fourth-order valence-electron chi connectivity index (χ4n) is 6.80. The summed E-state index contributed by atoms with van der Waals surface area (Å²) in [7, 11) is 1.45. The standard InChI is InChI=1S/C39H34N2O3/c1-43-38(42)35-32-24-14-15-25-33(32)40-36(35)37-34(27-44-26-28-16-6-2-7-17-28)41(37)39(29-18-8-3-9-19-29,30-20-10-4-11-21-30)31-22-12-5-13-23-31/h2-25,34,37,40H,26-27H2,1H3/t34-,37-,41?/m0/s1. The summed E-state index contributed by atoms with van der Waals surface area (Å²) < 4.78 is 11.8. The van der Waals surface area contributed by atoms with Crippen molar-refractivity contribution in [1.29, 1.82) is 0 Å². The topological polar surface area (TPSA) is 54.3 Å². The van der Waals surface area contributed by atoms with Crippen molar-refractivity contribution in [2.24, 2.45) is 0 Å². The second kappa shape index (κ2) is 12.0. The second-order valence-electron chi connectivity index (χ2n) is 11.2. The maximum Gasteiger partial charge on any atom is 0.340 e. The molecule has 0 radical (unpaired) electrons. The van der Waals surface area contributed by atoms with Gasteiger partial charge in [0.1, 0.15) is 0 Å². The third-order valence-corrected chi connectivity index (χ3v) is 8.71. The number of hydrogen-bond acceptors (Lipinski definition) is 4. The van der Waals surface area contributed by atoms with Gasteiger partial charge in [-0.2, -0.15) is 0 Å². The zero-order chi connectivity index (χ0) is 29.9. The number of aromatic nitrogens is 1. The quantitative estimate of drug-likeness (QED) is 0.102. The van der Waals surface area contributed by atoms with Gasteiger partial charge in [-0.3, -0.25) is 4.90 Å². The lowest BCUT2D eigenvalue weighted by molar-refractivity contribution is 0.0601. The lowest BCUT2D eigenvalue weighted by atomic mass is 9.76. The van der Waals surface area contributed by atoms with E-state index in [-0.39, 0.29) is 18.1 Å². The Labute approximate surface area is 257 Å². The number of para-hydroxylation sites is 1. The van der Waals surface area contributed by atoms with Gasteiger partial charge in [-0.1, -0.05) is 140 Å². The molecule has 0 bridgehead atoms. The number of rotatable bonds is 10. The molecule has 1 saturated heterocycles. The van der Waals surface area contributed by atoms with Gasteiger partial charge in [0.2, 0.25) is 0 Å². The minimum atomic E-state index is -0.667. The van der Waals surface area contributed by atoms with E-state index in [1.165, 1.54) is 7.11 Å². The van der Waals surface area contributed by atoms with Gasteiger partial charge in [0, 0.05) is 16.6 Å². The van der Waals surface area contributed by atoms with E-state index in [0.717, 1.165) is 38.9 Å². The van der Waals surface area contributed by atoms with E-state index in [4.69, 9.17) is 9.47 Å². The van der Waals surface area contributed by atoms with E-state index in [1.807, 2.05) is 42.5 Å². The molecule has 1 fully saturated rings. The van der Waals surface area contributed by atoms with E-state index >= 15 is 0 Å². The number of hydrogen-bond donors (Lipinski definition) is 1. The highest BCUT2D eigenvalue weighted by molar-refractivity contribution is 6.06. The first-order chi connectivity index (χ1) is 21.7. The van der Waals surface area contributed by atoms with Gasteiger partial charge in [0.25, 0.3) is 0 Å². The average Bonchev–Trinajstić information content (AvgIpc) is 3.67. The summed E-state index contributed by atoms with van der Waals surface area (Å²) in [6, 6.07) is 49.9. The molecule has 1 N–H and O–H groups in total. The average molecular weight is 579 g/mol. The largest absolute Gasteiger partial charge is 0.465 e. The van der Waals surface area contributed by atoms with Crippen molar-refractivity contribution >= 4 is 16.9 Å². The molecule has 3 atom stereocenters. The van der Waals surface area contributed by atoms with Crippen molar-refractivity contribution in [3.05, 3.63) is 179 Å². The van der Waals surface area contributed by atoms with Crippen molar-refractivity contribution < 1.29 is 14.3 Å². The molecule has 1 aliphatic rings. The van der Waals surface area contributed by atoms with Gasteiger partial charge in [0.15, 0.2) is 0 Å². The fourth-order valence-corrected chi connectivity index (χ4v) is 6.80. The van der Waals surface area contributed by atoms with Crippen LogP contribution in [-0.4, -0.2) is 35.6 Å². The number of carbonyl (C=O) groups is 1. The smallest absolute Gasteiger partial charge is 0.340 e. The van der Waals surface area contributed by atoms with Gasteiger partial charge < -0.3 is 14.5 Å². The number of methoxy groups -OCH3 is 1. The Bertz CT molecular complexity index is 1760. The molecule has 6 aromatic rings. The van der Waals surface area contributed by atoms with Gasteiger partial charge in [-0.05, 0) is 28.3 Å². The molecular formula is C39H34N2O3. The predicted octanol–water partition coefficient (Wildman–Crippen LogP) is 7.89. The first-order valence-corrected chi connectivity index (χ1v) is 15.0.